The highest BCUT2D eigenvalue weighted by Gasteiger charge is 2.47. The molecule has 2 saturated carbocycles. The summed E-state index contributed by atoms with van der Waals surface area (Å²) in [4.78, 5) is 2.70. The second kappa shape index (κ2) is 6.65. The molecule has 0 spiro atoms. The van der Waals surface area contributed by atoms with E-state index in [1.54, 1.807) is 11.1 Å². The van der Waals surface area contributed by atoms with Crippen molar-refractivity contribution in [2.75, 3.05) is 13.6 Å². The molecule has 0 amide bonds. The zero-order chi connectivity index (χ0) is 16.6. The Kier molecular flexibility index (Phi) is 4.53. The summed E-state index contributed by atoms with van der Waals surface area (Å²) in [5.41, 5.74) is 3.33. The van der Waals surface area contributed by atoms with Crippen LogP contribution in [0.4, 0.5) is 0 Å². The van der Waals surface area contributed by atoms with Gasteiger partial charge in [0.05, 0.1) is 0 Å². The van der Waals surface area contributed by atoms with Gasteiger partial charge in [-0.1, -0.05) is 37.3 Å². The molecule has 3 atom stereocenters. The van der Waals surface area contributed by atoms with Gasteiger partial charge in [0, 0.05) is 12.1 Å². The predicted molar refractivity (Wildman–Crippen MR) is 104 cm³/mol. The van der Waals surface area contributed by atoms with Gasteiger partial charge >= 0.3 is 0 Å². The van der Waals surface area contributed by atoms with Crippen LogP contribution in [0.1, 0.15) is 56.1 Å². The Hall–Kier alpha value is -1.12. The molecular formula is C22H29NS. The highest BCUT2D eigenvalue weighted by atomic mass is 32.1. The van der Waals surface area contributed by atoms with Crippen molar-refractivity contribution < 1.29 is 0 Å². The number of nitrogens with zero attached hydrogens (tertiary/aromatic N) is 1. The minimum Gasteiger partial charge on any atom is -0.296 e. The summed E-state index contributed by atoms with van der Waals surface area (Å²) in [7, 11) is 2.37. The third-order valence-electron chi connectivity index (χ3n) is 6.35. The van der Waals surface area contributed by atoms with Gasteiger partial charge in [-0.3, -0.25) is 4.90 Å². The molecule has 2 aromatic rings. The third-order valence-corrected chi connectivity index (χ3v) is 7.04. The SMILES string of the molecule is CCC(CC1CC1c1ccccc1)(c1ccsc1)N(C)CC1CC1. The Morgan fingerprint density at radius 3 is 2.58 bits per heavy atom. The number of hydrogen-bond acceptors (Lipinski definition) is 2. The molecule has 1 aromatic carbocycles. The first-order chi connectivity index (χ1) is 11.7. The lowest BCUT2D eigenvalue weighted by Gasteiger charge is -2.42. The van der Waals surface area contributed by atoms with Crippen molar-refractivity contribution in [2.45, 2.75) is 50.5 Å². The zero-order valence-corrected chi connectivity index (χ0v) is 15.8. The van der Waals surface area contributed by atoms with E-state index < -0.39 is 0 Å². The normalized spacial score (nSPS) is 25.6. The van der Waals surface area contributed by atoms with Crippen LogP contribution in [0.2, 0.25) is 0 Å². The van der Waals surface area contributed by atoms with E-state index in [1.807, 2.05) is 11.3 Å². The summed E-state index contributed by atoms with van der Waals surface area (Å²) in [6.45, 7) is 3.66. The van der Waals surface area contributed by atoms with Crippen molar-refractivity contribution in [3.63, 3.8) is 0 Å². The van der Waals surface area contributed by atoms with Crippen LogP contribution < -0.4 is 0 Å². The molecule has 0 saturated heterocycles. The van der Waals surface area contributed by atoms with Crippen molar-refractivity contribution in [1.29, 1.82) is 0 Å². The van der Waals surface area contributed by atoms with Gasteiger partial charge in [-0.25, -0.2) is 0 Å². The first-order valence-corrected chi connectivity index (χ1v) is 10.5. The predicted octanol–water partition coefficient (Wildman–Crippen LogP) is 5.89. The van der Waals surface area contributed by atoms with Gasteiger partial charge in [0.25, 0.3) is 0 Å². The summed E-state index contributed by atoms with van der Waals surface area (Å²) in [5.74, 6) is 2.57. The zero-order valence-electron chi connectivity index (χ0n) is 14.9. The maximum Gasteiger partial charge on any atom is 0.0466 e. The highest BCUT2D eigenvalue weighted by Crippen LogP contribution is 2.55. The highest BCUT2D eigenvalue weighted by molar-refractivity contribution is 7.08. The molecule has 1 aromatic heterocycles. The fourth-order valence-corrected chi connectivity index (χ4v) is 5.27. The van der Waals surface area contributed by atoms with Crippen LogP contribution in [-0.4, -0.2) is 18.5 Å². The fraction of sp³-hybridized carbons (Fsp3) is 0.545. The van der Waals surface area contributed by atoms with Crippen LogP contribution in [0.15, 0.2) is 47.2 Å². The number of benzene rings is 1. The van der Waals surface area contributed by atoms with Gasteiger partial charge in [0.15, 0.2) is 0 Å². The van der Waals surface area contributed by atoms with Crippen molar-refractivity contribution in [2.24, 2.45) is 11.8 Å². The quantitative estimate of drug-likeness (QED) is 0.579. The minimum absolute atomic E-state index is 0.233. The van der Waals surface area contributed by atoms with Crippen molar-refractivity contribution in [3.05, 3.63) is 58.3 Å². The van der Waals surface area contributed by atoms with Gasteiger partial charge in [0.2, 0.25) is 0 Å². The molecule has 0 bridgehead atoms. The molecule has 3 unspecified atom stereocenters. The van der Waals surface area contributed by atoms with Crippen LogP contribution in [0, 0.1) is 11.8 Å². The van der Waals surface area contributed by atoms with Gasteiger partial charge in [-0.2, -0.15) is 11.3 Å². The van der Waals surface area contributed by atoms with E-state index in [1.165, 1.54) is 38.6 Å². The number of thiophene rings is 1. The summed E-state index contributed by atoms with van der Waals surface area (Å²) in [5, 5.41) is 4.65. The molecule has 0 radical (unpaired) electrons. The smallest absolute Gasteiger partial charge is 0.0466 e. The molecule has 1 nitrogen and oxygen atoms in total. The first kappa shape index (κ1) is 16.4. The molecule has 2 fully saturated rings. The largest absolute Gasteiger partial charge is 0.296 e. The molecule has 2 heteroatoms. The lowest BCUT2D eigenvalue weighted by Crippen LogP contribution is -2.44. The molecular weight excluding hydrogens is 310 g/mol. The second-order valence-electron chi connectivity index (χ2n) is 7.94. The van der Waals surface area contributed by atoms with Gasteiger partial charge in [-0.05, 0) is 84.9 Å². The molecule has 2 aliphatic carbocycles. The Morgan fingerprint density at radius 1 is 1.17 bits per heavy atom. The maximum absolute atomic E-state index is 2.70. The van der Waals surface area contributed by atoms with Crippen LogP contribution >= 0.6 is 11.3 Å². The Morgan fingerprint density at radius 2 is 1.96 bits per heavy atom. The van der Waals surface area contributed by atoms with Crippen molar-refractivity contribution >= 4 is 11.3 Å². The summed E-state index contributed by atoms with van der Waals surface area (Å²) >= 11 is 1.85. The molecule has 24 heavy (non-hydrogen) atoms. The van der Waals surface area contributed by atoms with Crippen LogP contribution in [0.5, 0.6) is 0 Å². The van der Waals surface area contributed by atoms with Gasteiger partial charge < -0.3 is 0 Å². The summed E-state index contributed by atoms with van der Waals surface area (Å²) in [6, 6.07) is 13.5. The minimum atomic E-state index is 0.233. The van der Waals surface area contributed by atoms with Crippen molar-refractivity contribution in [1.82, 2.24) is 4.90 Å². The Balaban J connectivity index is 1.54. The monoisotopic (exact) mass is 339 g/mol. The second-order valence-corrected chi connectivity index (χ2v) is 8.72. The number of rotatable bonds is 8. The van der Waals surface area contributed by atoms with Gasteiger partial charge in [0.1, 0.15) is 0 Å². The molecule has 128 valence electrons. The van der Waals surface area contributed by atoms with E-state index in [9.17, 15) is 0 Å². The maximum atomic E-state index is 2.70. The van der Waals surface area contributed by atoms with E-state index >= 15 is 0 Å². The van der Waals surface area contributed by atoms with Gasteiger partial charge in [-0.15, -0.1) is 0 Å². The van der Waals surface area contributed by atoms with Crippen LogP contribution in [0.25, 0.3) is 0 Å². The molecule has 1 heterocycles. The van der Waals surface area contributed by atoms with E-state index in [-0.39, 0.29) is 5.54 Å². The summed E-state index contributed by atoms with van der Waals surface area (Å²) in [6.07, 6.45) is 6.76. The standard InChI is InChI=1S/C22H29NS/c1-3-22(20-11-12-24-16-20,23(2)15-17-9-10-17)14-19-13-21(19)18-7-5-4-6-8-18/h4-8,11-12,16-17,19,21H,3,9-10,13-15H2,1-2H3. The first-order valence-electron chi connectivity index (χ1n) is 9.52. The molecule has 0 N–H and O–H groups in total. The third kappa shape index (κ3) is 3.19. The number of hydrogen-bond donors (Lipinski definition) is 0. The van der Waals surface area contributed by atoms with Crippen LogP contribution in [-0.2, 0) is 5.54 Å². The summed E-state index contributed by atoms with van der Waals surface area (Å²) < 4.78 is 0. The molecule has 0 aliphatic heterocycles. The lowest BCUT2D eigenvalue weighted by molar-refractivity contribution is 0.0887. The molecule has 4 rings (SSSR count). The lowest BCUT2D eigenvalue weighted by atomic mass is 9.81. The molecule has 2 aliphatic rings. The average molecular weight is 340 g/mol. The van der Waals surface area contributed by atoms with Crippen molar-refractivity contribution in [3.8, 4) is 0 Å². The van der Waals surface area contributed by atoms with E-state index in [0.717, 1.165) is 17.8 Å². The Bertz CT molecular complexity index is 646. The Labute approximate surface area is 150 Å². The average Bonchev–Trinajstić information content (AvgIpc) is 3.52. The van der Waals surface area contributed by atoms with E-state index in [0.29, 0.717) is 0 Å². The van der Waals surface area contributed by atoms with E-state index in [4.69, 9.17) is 0 Å². The topological polar surface area (TPSA) is 3.24 Å². The van der Waals surface area contributed by atoms with Crippen LogP contribution in [0.3, 0.4) is 0 Å². The fourth-order valence-electron chi connectivity index (χ4n) is 4.52. The van der Waals surface area contributed by atoms with E-state index in [2.05, 4.69) is 66.0 Å².